The molecule has 0 radical (unpaired) electrons. The fourth-order valence-electron chi connectivity index (χ4n) is 2.52. The third-order valence-corrected chi connectivity index (χ3v) is 3.89. The summed E-state index contributed by atoms with van der Waals surface area (Å²) in [4.78, 5) is 28.0. The number of hydrogen-bond acceptors (Lipinski definition) is 4. The lowest BCUT2D eigenvalue weighted by Crippen LogP contribution is -2.49. The summed E-state index contributed by atoms with van der Waals surface area (Å²) in [5.74, 6) is -0.00233. The summed E-state index contributed by atoms with van der Waals surface area (Å²) in [6, 6.07) is 3.05. The zero-order valence-electron chi connectivity index (χ0n) is 13.5. The van der Waals surface area contributed by atoms with Crippen LogP contribution in [0.4, 0.5) is 0 Å². The van der Waals surface area contributed by atoms with Crippen LogP contribution in [-0.4, -0.2) is 66.2 Å². The summed E-state index contributed by atoms with van der Waals surface area (Å²) in [6.07, 6.45) is 2.65. The van der Waals surface area contributed by atoms with Gasteiger partial charge in [0.15, 0.2) is 0 Å². The first-order valence-corrected chi connectivity index (χ1v) is 7.88. The molecule has 1 aliphatic heterocycles. The number of pyridine rings is 1. The molecule has 1 saturated heterocycles. The van der Waals surface area contributed by atoms with E-state index in [1.165, 1.54) is 10.6 Å². The van der Waals surface area contributed by atoms with E-state index < -0.39 is 0 Å². The molecule has 0 atom stereocenters. The monoisotopic (exact) mass is 307 g/mol. The Morgan fingerprint density at radius 3 is 2.55 bits per heavy atom. The van der Waals surface area contributed by atoms with Crippen LogP contribution in [-0.2, 0) is 11.8 Å². The minimum atomic E-state index is -0.103. The zero-order valence-corrected chi connectivity index (χ0v) is 13.5. The maximum absolute atomic E-state index is 12.4. The second-order valence-corrected chi connectivity index (χ2v) is 5.61. The smallest absolute Gasteiger partial charge is 0.255 e. The molecule has 0 spiro atoms. The van der Waals surface area contributed by atoms with Crippen molar-refractivity contribution in [3.05, 3.63) is 34.2 Å². The molecule has 0 unspecified atom stereocenters. The quantitative estimate of drug-likeness (QED) is 0.721. The van der Waals surface area contributed by atoms with Gasteiger partial charge in [-0.2, -0.15) is 0 Å². The minimum absolute atomic E-state index is 0.00233. The standard InChI is InChI=1S/C16H25N3O3/c1-3-11-22-12-10-18-6-8-19(9-7-18)16(21)14-4-5-15(20)17(2)13-14/h4-5,13H,3,6-12H2,1-2H3. The molecule has 0 aliphatic carbocycles. The lowest BCUT2D eigenvalue weighted by Gasteiger charge is -2.34. The van der Waals surface area contributed by atoms with Gasteiger partial charge in [0, 0.05) is 58.6 Å². The Morgan fingerprint density at radius 1 is 1.18 bits per heavy atom. The third-order valence-electron chi connectivity index (χ3n) is 3.89. The summed E-state index contributed by atoms with van der Waals surface area (Å²) in [5.41, 5.74) is 0.468. The number of hydrogen-bond donors (Lipinski definition) is 0. The molecule has 2 rings (SSSR count). The van der Waals surface area contributed by atoms with Crippen molar-refractivity contribution < 1.29 is 9.53 Å². The highest BCUT2D eigenvalue weighted by Gasteiger charge is 2.22. The van der Waals surface area contributed by atoms with Gasteiger partial charge in [-0.1, -0.05) is 6.92 Å². The van der Waals surface area contributed by atoms with E-state index >= 15 is 0 Å². The van der Waals surface area contributed by atoms with Crippen molar-refractivity contribution in [1.82, 2.24) is 14.4 Å². The van der Waals surface area contributed by atoms with Crippen molar-refractivity contribution in [2.24, 2.45) is 7.05 Å². The predicted molar refractivity (Wildman–Crippen MR) is 85.1 cm³/mol. The fourth-order valence-corrected chi connectivity index (χ4v) is 2.52. The van der Waals surface area contributed by atoms with Gasteiger partial charge < -0.3 is 14.2 Å². The third kappa shape index (κ3) is 4.42. The first kappa shape index (κ1) is 16.7. The Kier molecular flexibility index (Phi) is 6.15. The van der Waals surface area contributed by atoms with Crippen LogP contribution in [0.25, 0.3) is 0 Å². The van der Waals surface area contributed by atoms with Crippen LogP contribution in [0, 0.1) is 0 Å². The highest BCUT2D eigenvalue weighted by molar-refractivity contribution is 5.94. The predicted octanol–water partition coefficient (Wildman–Crippen LogP) is 0.570. The van der Waals surface area contributed by atoms with Crippen molar-refractivity contribution >= 4 is 5.91 Å². The number of amides is 1. The Morgan fingerprint density at radius 2 is 1.91 bits per heavy atom. The van der Waals surface area contributed by atoms with Crippen molar-refractivity contribution in [3.8, 4) is 0 Å². The summed E-state index contributed by atoms with van der Waals surface area (Å²) in [6.45, 7) is 7.75. The molecule has 0 N–H and O–H groups in total. The summed E-state index contributed by atoms with van der Waals surface area (Å²) >= 11 is 0. The van der Waals surface area contributed by atoms with Gasteiger partial charge in [0.1, 0.15) is 0 Å². The Bertz CT molecular complexity index is 548. The maximum atomic E-state index is 12.4. The first-order valence-electron chi connectivity index (χ1n) is 7.88. The number of aromatic nitrogens is 1. The van der Waals surface area contributed by atoms with Gasteiger partial charge in [-0.3, -0.25) is 14.5 Å². The van der Waals surface area contributed by atoms with Crippen molar-refractivity contribution in [2.45, 2.75) is 13.3 Å². The highest BCUT2D eigenvalue weighted by atomic mass is 16.5. The van der Waals surface area contributed by atoms with Crippen LogP contribution >= 0.6 is 0 Å². The second kappa shape index (κ2) is 8.10. The Labute approximate surface area is 131 Å². The van der Waals surface area contributed by atoms with Crippen LogP contribution in [0.2, 0.25) is 0 Å². The van der Waals surface area contributed by atoms with Crippen molar-refractivity contribution in [3.63, 3.8) is 0 Å². The van der Waals surface area contributed by atoms with Crippen LogP contribution in [0.3, 0.4) is 0 Å². The van der Waals surface area contributed by atoms with Crippen LogP contribution in [0.1, 0.15) is 23.7 Å². The number of ether oxygens (including phenoxy) is 1. The van der Waals surface area contributed by atoms with E-state index in [1.807, 2.05) is 4.90 Å². The molecule has 0 saturated carbocycles. The number of rotatable bonds is 6. The lowest BCUT2D eigenvalue weighted by molar-refractivity contribution is 0.0551. The number of aryl methyl sites for hydroxylation is 1. The highest BCUT2D eigenvalue weighted by Crippen LogP contribution is 2.07. The fraction of sp³-hybridized carbons (Fsp3) is 0.625. The minimum Gasteiger partial charge on any atom is -0.380 e. The molecule has 1 aromatic heterocycles. The van der Waals surface area contributed by atoms with Crippen molar-refractivity contribution in [1.29, 1.82) is 0 Å². The zero-order chi connectivity index (χ0) is 15.9. The van der Waals surface area contributed by atoms with Crippen LogP contribution in [0.5, 0.6) is 0 Å². The lowest BCUT2D eigenvalue weighted by atomic mass is 10.2. The van der Waals surface area contributed by atoms with E-state index in [0.29, 0.717) is 5.56 Å². The largest absolute Gasteiger partial charge is 0.380 e. The average molecular weight is 307 g/mol. The van der Waals surface area contributed by atoms with Gasteiger partial charge in [-0.25, -0.2) is 0 Å². The Balaban J connectivity index is 1.82. The molecule has 22 heavy (non-hydrogen) atoms. The molecular formula is C16H25N3O3. The van der Waals surface area contributed by atoms with Crippen LogP contribution in [0.15, 0.2) is 23.1 Å². The van der Waals surface area contributed by atoms with Gasteiger partial charge in [0.2, 0.25) is 5.56 Å². The van der Waals surface area contributed by atoms with Crippen LogP contribution < -0.4 is 5.56 Å². The second-order valence-electron chi connectivity index (χ2n) is 5.61. The van der Waals surface area contributed by atoms with Gasteiger partial charge in [0.25, 0.3) is 5.91 Å². The number of nitrogens with zero attached hydrogens (tertiary/aromatic N) is 3. The molecule has 6 heteroatoms. The van der Waals surface area contributed by atoms with E-state index in [1.54, 1.807) is 19.3 Å². The molecule has 1 aromatic rings. The Hall–Kier alpha value is -1.66. The van der Waals surface area contributed by atoms with Gasteiger partial charge in [-0.15, -0.1) is 0 Å². The summed E-state index contributed by atoms with van der Waals surface area (Å²) in [7, 11) is 1.66. The number of carbonyl (C=O) groups excluding carboxylic acids is 1. The van der Waals surface area contributed by atoms with E-state index in [9.17, 15) is 9.59 Å². The van der Waals surface area contributed by atoms with E-state index in [-0.39, 0.29) is 11.5 Å². The molecule has 122 valence electrons. The first-order chi connectivity index (χ1) is 10.6. The molecule has 1 aliphatic rings. The maximum Gasteiger partial charge on any atom is 0.255 e. The molecule has 0 bridgehead atoms. The van der Waals surface area contributed by atoms with Gasteiger partial charge >= 0.3 is 0 Å². The summed E-state index contributed by atoms with van der Waals surface area (Å²) < 4.78 is 6.94. The van der Waals surface area contributed by atoms with Crippen molar-refractivity contribution in [2.75, 3.05) is 45.9 Å². The molecule has 1 fully saturated rings. The topological polar surface area (TPSA) is 54.8 Å². The average Bonchev–Trinajstić information content (AvgIpc) is 2.54. The SMILES string of the molecule is CCCOCCN1CCN(C(=O)c2ccc(=O)n(C)c2)CC1. The molecule has 2 heterocycles. The number of carbonyl (C=O) groups is 1. The van der Waals surface area contributed by atoms with E-state index in [2.05, 4.69) is 11.8 Å². The van der Waals surface area contributed by atoms with E-state index in [4.69, 9.17) is 4.74 Å². The molecule has 0 aromatic carbocycles. The van der Waals surface area contributed by atoms with Gasteiger partial charge in [0.05, 0.1) is 12.2 Å². The van der Waals surface area contributed by atoms with Gasteiger partial charge in [-0.05, 0) is 12.5 Å². The normalized spacial score (nSPS) is 16.0. The molecule has 6 nitrogen and oxygen atoms in total. The van der Waals surface area contributed by atoms with E-state index in [0.717, 1.165) is 52.4 Å². The summed E-state index contributed by atoms with van der Waals surface area (Å²) in [5, 5.41) is 0. The molecule has 1 amide bonds. The number of piperazine rings is 1. The molecular weight excluding hydrogens is 282 g/mol.